The van der Waals surface area contributed by atoms with Gasteiger partial charge in [0.2, 0.25) is 5.91 Å². The van der Waals surface area contributed by atoms with Crippen LogP contribution in [-0.2, 0) is 9.59 Å². The minimum absolute atomic E-state index is 0.0398. The molecule has 1 saturated heterocycles. The molecule has 3 aromatic heterocycles. The van der Waals surface area contributed by atoms with Gasteiger partial charge in [0.25, 0.3) is 11.5 Å². The molecule has 244 valence electrons. The third-order valence-electron chi connectivity index (χ3n) is 9.03. The number of pyridine rings is 3. The molecule has 0 aliphatic carbocycles. The highest BCUT2D eigenvalue weighted by molar-refractivity contribution is 6.12. The third-order valence-corrected chi connectivity index (χ3v) is 9.03. The number of aryl methyl sites for hydroxylation is 2. The van der Waals surface area contributed by atoms with Crippen LogP contribution >= 0.6 is 0 Å². The molecule has 0 N–H and O–H groups in total. The van der Waals surface area contributed by atoms with Gasteiger partial charge in [-0.05, 0) is 62.6 Å². The van der Waals surface area contributed by atoms with Crippen LogP contribution in [-0.4, -0.2) is 70.6 Å². The molecule has 0 spiro atoms. The van der Waals surface area contributed by atoms with Crippen molar-refractivity contribution in [2.45, 2.75) is 52.6 Å². The van der Waals surface area contributed by atoms with Crippen molar-refractivity contribution in [3.8, 4) is 22.7 Å². The summed E-state index contributed by atoms with van der Waals surface area (Å²) < 4.78 is 38.5. The molecule has 4 aromatic rings. The predicted molar refractivity (Wildman–Crippen MR) is 177 cm³/mol. The summed E-state index contributed by atoms with van der Waals surface area (Å²) in [7, 11) is 2.85. The molecule has 10 nitrogen and oxygen atoms in total. The van der Waals surface area contributed by atoms with Gasteiger partial charge in [-0.2, -0.15) is 0 Å². The molecule has 0 radical (unpaired) electrons. The van der Waals surface area contributed by atoms with Gasteiger partial charge in [0.15, 0.2) is 11.5 Å². The maximum Gasteiger partial charge on any atom is 0.283 e. The van der Waals surface area contributed by atoms with Crippen LogP contribution in [0.5, 0.6) is 5.75 Å². The molecule has 2 aliphatic rings. The van der Waals surface area contributed by atoms with E-state index in [1.54, 1.807) is 9.80 Å². The Morgan fingerprint density at radius 1 is 1.06 bits per heavy atom. The van der Waals surface area contributed by atoms with Crippen LogP contribution in [0.2, 0.25) is 0 Å². The number of halogens is 2. The van der Waals surface area contributed by atoms with Gasteiger partial charge < -0.3 is 19.4 Å². The number of piperazine rings is 1. The molecule has 6 rings (SSSR count). The van der Waals surface area contributed by atoms with Gasteiger partial charge in [0.05, 0.1) is 36.3 Å². The quantitative estimate of drug-likeness (QED) is 0.281. The predicted octanol–water partition coefficient (Wildman–Crippen LogP) is 5.04. The number of fused-ring (bicyclic) bond motifs is 5. The van der Waals surface area contributed by atoms with Crippen molar-refractivity contribution in [1.29, 1.82) is 0 Å². The zero-order chi connectivity index (χ0) is 34.1. The van der Waals surface area contributed by atoms with E-state index in [1.807, 2.05) is 40.7 Å². The number of hydrogen-bond acceptors (Lipinski definition) is 7. The average Bonchev–Trinajstić information content (AvgIpc) is 3.02. The van der Waals surface area contributed by atoms with Crippen molar-refractivity contribution in [3.05, 3.63) is 81.9 Å². The molecule has 1 aromatic carbocycles. The molecule has 47 heavy (non-hydrogen) atoms. The van der Waals surface area contributed by atoms with E-state index < -0.39 is 29.1 Å². The lowest BCUT2D eigenvalue weighted by atomic mass is 9.97. The van der Waals surface area contributed by atoms with Gasteiger partial charge in [-0.15, -0.1) is 0 Å². The molecule has 0 bridgehead atoms. The van der Waals surface area contributed by atoms with E-state index in [0.717, 1.165) is 5.69 Å². The number of amides is 2. The minimum Gasteiger partial charge on any atom is -0.496 e. The first-order chi connectivity index (χ1) is 22.3. The van der Waals surface area contributed by atoms with E-state index in [4.69, 9.17) is 14.7 Å². The smallest absolute Gasteiger partial charge is 0.283 e. The molecular formula is C35H36F2N6O4. The largest absolute Gasteiger partial charge is 0.496 e. The molecular weight excluding hydrogens is 606 g/mol. The summed E-state index contributed by atoms with van der Waals surface area (Å²) in [6, 6.07) is 5.99. The summed E-state index contributed by atoms with van der Waals surface area (Å²) in [6.07, 6.45) is 1.20. The highest BCUT2D eigenvalue weighted by Gasteiger charge is 2.46. The fourth-order valence-corrected chi connectivity index (χ4v) is 6.88. The van der Waals surface area contributed by atoms with Gasteiger partial charge in [-0.25, -0.2) is 13.8 Å². The maximum absolute atomic E-state index is 16.4. The number of anilines is 2. The fraction of sp³-hybridized carbons (Fsp3) is 0.343. The molecule has 5 heterocycles. The van der Waals surface area contributed by atoms with Crippen LogP contribution in [0, 0.1) is 25.5 Å². The number of rotatable bonds is 5. The Morgan fingerprint density at radius 3 is 2.45 bits per heavy atom. The monoisotopic (exact) mass is 642 g/mol. The van der Waals surface area contributed by atoms with Crippen LogP contribution in [0.15, 0.2) is 47.8 Å². The van der Waals surface area contributed by atoms with E-state index in [-0.39, 0.29) is 64.7 Å². The van der Waals surface area contributed by atoms with Gasteiger partial charge >= 0.3 is 0 Å². The molecule has 1 fully saturated rings. The molecule has 2 aliphatic heterocycles. The zero-order valence-corrected chi connectivity index (χ0v) is 27.4. The van der Waals surface area contributed by atoms with Crippen LogP contribution < -0.4 is 20.1 Å². The summed E-state index contributed by atoms with van der Waals surface area (Å²) >= 11 is 0. The molecule has 2 atom stereocenters. The Bertz CT molecular complexity index is 2060. The highest BCUT2D eigenvalue weighted by Crippen LogP contribution is 2.44. The summed E-state index contributed by atoms with van der Waals surface area (Å²) in [5.74, 6) is -2.37. The standard InChI is InChI=1S/C35H36F2N6O4/c1-9-26(44)41-16-24-34(45)40(7)32-31(42(24)15-20(41)6)21-14-23(37)29(27-22(36)11-10-12-25(27)47-8)39-33(21)43(35(32)46)30-18(4)13-19(5)38-28(30)17(2)3/h9-14,17,20,24H,1,15-16H2,2-8H3/t20-,24-/m1/s1. The van der Waals surface area contributed by atoms with Crippen molar-refractivity contribution in [1.82, 2.24) is 19.4 Å². The highest BCUT2D eigenvalue weighted by atomic mass is 19.1. The summed E-state index contributed by atoms with van der Waals surface area (Å²) in [6.45, 7) is 13.3. The number of nitrogens with zero attached hydrogens (tertiary/aromatic N) is 6. The number of carbonyl (C=O) groups excluding carboxylic acids is 2. The number of carbonyl (C=O) groups is 2. The third kappa shape index (κ3) is 4.85. The van der Waals surface area contributed by atoms with Gasteiger partial charge in [-0.3, -0.25) is 23.9 Å². The fourth-order valence-electron chi connectivity index (χ4n) is 6.88. The number of likely N-dealkylation sites (N-methyl/N-ethyl adjacent to an activating group) is 1. The normalized spacial score (nSPS) is 17.7. The van der Waals surface area contributed by atoms with Gasteiger partial charge in [0, 0.05) is 30.7 Å². The number of hydrogen-bond donors (Lipinski definition) is 0. The van der Waals surface area contributed by atoms with Crippen LogP contribution in [0.25, 0.3) is 28.0 Å². The second-order valence-electron chi connectivity index (χ2n) is 12.4. The lowest BCUT2D eigenvalue weighted by molar-refractivity contribution is -0.130. The molecule has 0 unspecified atom stereocenters. The number of methoxy groups -OCH3 is 1. The first-order valence-corrected chi connectivity index (χ1v) is 15.4. The molecule has 0 saturated carbocycles. The average molecular weight is 643 g/mol. The second kappa shape index (κ2) is 11.6. The first-order valence-electron chi connectivity index (χ1n) is 15.4. The van der Waals surface area contributed by atoms with Gasteiger partial charge in [-0.1, -0.05) is 26.5 Å². The zero-order valence-electron chi connectivity index (χ0n) is 27.4. The molecule has 12 heteroatoms. The first kappa shape index (κ1) is 31.8. The maximum atomic E-state index is 16.4. The molecule has 2 amide bonds. The number of benzene rings is 1. The lowest BCUT2D eigenvalue weighted by Gasteiger charge is -2.49. The summed E-state index contributed by atoms with van der Waals surface area (Å²) in [5, 5.41) is 0.242. The van der Waals surface area contributed by atoms with E-state index >= 15 is 8.78 Å². The van der Waals surface area contributed by atoms with E-state index in [9.17, 15) is 14.4 Å². The van der Waals surface area contributed by atoms with Gasteiger partial charge in [0.1, 0.15) is 29.0 Å². The minimum atomic E-state index is -0.852. The van der Waals surface area contributed by atoms with Crippen molar-refractivity contribution in [2.24, 2.45) is 0 Å². The van der Waals surface area contributed by atoms with Crippen LogP contribution in [0.4, 0.5) is 20.2 Å². The Morgan fingerprint density at radius 2 is 1.79 bits per heavy atom. The number of ether oxygens (including phenoxy) is 1. The topological polar surface area (TPSA) is 101 Å². The van der Waals surface area contributed by atoms with E-state index in [1.165, 1.54) is 54.0 Å². The Labute approximate surface area is 270 Å². The Hall–Kier alpha value is -5.13. The second-order valence-corrected chi connectivity index (χ2v) is 12.4. The lowest BCUT2D eigenvalue weighted by Crippen LogP contribution is -2.66. The van der Waals surface area contributed by atoms with Crippen molar-refractivity contribution < 1.29 is 23.1 Å². The Balaban J connectivity index is 1.77. The van der Waals surface area contributed by atoms with E-state index in [2.05, 4.69) is 6.58 Å². The van der Waals surface area contributed by atoms with E-state index in [0.29, 0.717) is 22.6 Å². The van der Waals surface area contributed by atoms with Crippen LogP contribution in [0.3, 0.4) is 0 Å². The van der Waals surface area contributed by atoms with Crippen molar-refractivity contribution in [2.75, 3.05) is 37.0 Å². The van der Waals surface area contributed by atoms with Crippen LogP contribution in [0.1, 0.15) is 43.6 Å². The van der Waals surface area contributed by atoms with Crippen molar-refractivity contribution in [3.63, 3.8) is 0 Å². The number of aromatic nitrogens is 3. The van der Waals surface area contributed by atoms with Crippen molar-refractivity contribution >= 4 is 34.2 Å². The Kier molecular flexibility index (Phi) is 7.85. The summed E-state index contributed by atoms with van der Waals surface area (Å²) in [4.78, 5) is 55.6. The summed E-state index contributed by atoms with van der Waals surface area (Å²) in [5.41, 5.74) is 1.84. The SMILES string of the molecule is C=CC(=O)N1C[C@@H]2C(=O)N(C)c3c(c4cc(F)c(-c5c(F)cccc5OC)nc4n(-c4c(C)cc(C)nc4C(C)C)c3=O)N2C[C@H]1C.